The number of para-hydroxylation sites is 2. The van der Waals surface area contributed by atoms with Gasteiger partial charge in [-0.15, -0.1) is 0 Å². The molecule has 0 aromatic heterocycles. The number of ketones is 1. The molecule has 3 nitrogen and oxygen atoms in total. The first kappa shape index (κ1) is 13.9. The minimum atomic E-state index is -0.430. The van der Waals surface area contributed by atoms with Gasteiger partial charge in [-0.05, 0) is 18.6 Å². The van der Waals surface area contributed by atoms with Gasteiger partial charge in [-0.3, -0.25) is 4.79 Å². The molecule has 1 atom stereocenters. The van der Waals surface area contributed by atoms with Crippen LogP contribution in [-0.2, 0) is 4.79 Å². The third-order valence-corrected chi connectivity index (χ3v) is 3.39. The lowest BCUT2D eigenvalue weighted by Crippen LogP contribution is -2.36. The molecule has 1 aliphatic rings. The van der Waals surface area contributed by atoms with Crippen molar-refractivity contribution in [3.63, 3.8) is 0 Å². The maximum absolute atomic E-state index is 12.0. The Morgan fingerprint density at radius 1 is 1.16 bits per heavy atom. The zero-order valence-electron chi connectivity index (χ0n) is 11.6. The Balaban J connectivity index is 1.76. The van der Waals surface area contributed by atoms with Gasteiger partial charge >= 0.3 is 0 Å². The van der Waals surface area contributed by atoms with Crippen molar-refractivity contribution in [1.82, 2.24) is 0 Å². The van der Waals surface area contributed by atoms with Gasteiger partial charge in [-0.25, -0.2) is 0 Å². The van der Waals surface area contributed by atoms with Gasteiger partial charge in [0.2, 0.25) is 0 Å². The van der Waals surface area contributed by atoms with Crippen molar-refractivity contribution in [3.8, 4) is 11.5 Å². The lowest BCUT2D eigenvalue weighted by molar-refractivity contribution is -0.128. The molecule has 1 unspecified atom stereocenters. The smallest absolute Gasteiger partial charge is 0.190 e. The number of carbonyl (C=O) groups excluding carboxylic acids is 1. The Morgan fingerprint density at radius 2 is 1.89 bits per heavy atom. The van der Waals surface area contributed by atoms with Crippen LogP contribution in [0.2, 0.25) is 0 Å². The highest BCUT2D eigenvalue weighted by Crippen LogP contribution is 2.31. The predicted octanol–water partition coefficient (Wildman–Crippen LogP) is 3.76. The SMILES string of the molecule is CCCCCCCC(=O)C1COc2ccccc2O1. The summed E-state index contributed by atoms with van der Waals surface area (Å²) in [6.45, 7) is 2.53. The van der Waals surface area contributed by atoms with Crippen LogP contribution in [0.15, 0.2) is 24.3 Å². The molecule has 0 bridgehead atoms. The summed E-state index contributed by atoms with van der Waals surface area (Å²) in [6, 6.07) is 7.49. The molecule has 1 aliphatic heterocycles. The Labute approximate surface area is 114 Å². The first-order valence-corrected chi connectivity index (χ1v) is 7.22. The van der Waals surface area contributed by atoms with Crippen molar-refractivity contribution in [2.24, 2.45) is 0 Å². The van der Waals surface area contributed by atoms with Gasteiger partial charge in [-0.2, -0.15) is 0 Å². The van der Waals surface area contributed by atoms with E-state index >= 15 is 0 Å². The van der Waals surface area contributed by atoms with Gasteiger partial charge in [-0.1, -0.05) is 44.7 Å². The van der Waals surface area contributed by atoms with Gasteiger partial charge in [0, 0.05) is 6.42 Å². The molecule has 0 fully saturated rings. The summed E-state index contributed by atoms with van der Waals surface area (Å²) >= 11 is 0. The fourth-order valence-corrected chi connectivity index (χ4v) is 2.24. The van der Waals surface area contributed by atoms with E-state index in [4.69, 9.17) is 9.47 Å². The van der Waals surface area contributed by atoms with Gasteiger partial charge in [0.1, 0.15) is 6.61 Å². The lowest BCUT2D eigenvalue weighted by Gasteiger charge is -2.25. The van der Waals surface area contributed by atoms with E-state index in [-0.39, 0.29) is 5.78 Å². The molecule has 19 heavy (non-hydrogen) atoms. The van der Waals surface area contributed by atoms with E-state index in [1.165, 1.54) is 19.3 Å². The van der Waals surface area contributed by atoms with Gasteiger partial charge in [0.05, 0.1) is 0 Å². The van der Waals surface area contributed by atoms with E-state index in [1.807, 2.05) is 24.3 Å². The van der Waals surface area contributed by atoms with Gasteiger partial charge in [0.25, 0.3) is 0 Å². The second-order valence-electron chi connectivity index (χ2n) is 4.99. The molecule has 1 aromatic rings. The molecule has 1 heterocycles. The summed E-state index contributed by atoms with van der Waals surface area (Å²) in [6.07, 6.45) is 5.95. The zero-order valence-corrected chi connectivity index (χ0v) is 11.6. The number of hydrogen-bond donors (Lipinski definition) is 0. The van der Waals surface area contributed by atoms with E-state index in [1.54, 1.807) is 0 Å². The van der Waals surface area contributed by atoms with Crippen LogP contribution in [0.4, 0.5) is 0 Å². The predicted molar refractivity (Wildman–Crippen MR) is 74.7 cm³/mol. The van der Waals surface area contributed by atoms with E-state index in [9.17, 15) is 4.79 Å². The van der Waals surface area contributed by atoms with Crippen LogP contribution in [-0.4, -0.2) is 18.5 Å². The molecular formula is C16H22O3. The highest BCUT2D eigenvalue weighted by atomic mass is 16.6. The average Bonchev–Trinajstić information content (AvgIpc) is 2.46. The maximum atomic E-state index is 12.0. The summed E-state index contributed by atoms with van der Waals surface area (Å²) in [5, 5.41) is 0. The molecule has 0 N–H and O–H groups in total. The lowest BCUT2D eigenvalue weighted by atomic mass is 10.1. The van der Waals surface area contributed by atoms with Crippen molar-refractivity contribution in [2.75, 3.05) is 6.61 Å². The molecule has 0 aliphatic carbocycles. The maximum Gasteiger partial charge on any atom is 0.190 e. The third-order valence-electron chi connectivity index (χ3n) is 3.39. The summed E-state index contributed by atoms with van der Waals surface area (Å²) in [5.74, 6) is 1.57. The molecular weight excluding hydrogens is 240 g/mol. The normalized spacial score (nSPS) is 17.2. The van der Waals surface area contributed by atoms with Crippen LogP contribution in [0.3, 0.4) is 0 Å². The second kappa shape index (κ2) is 7.17. The number of rotatable bonds is 7. The fourth-order valence-electron chi connectivity index (χ4n) is 2.24. The minimum Gasteiger partial charge on any atom is -0.485 e. The monoisotopic (exact) mass is 262 g/mol. The van der Waals surface area contributed by atoms with Crippen LogP contribution < -0.4 is 9.47 Å². The molecule has 0 spiro atoms. The van der Waals surface area contributed by atoms with Crippen molar-refractivity contribution in [1.29, 1.82) is 0 Å². The quantitative estimate of drug-likeness (QED) is 0.702. The standard InChI is InChI=1S/C16H22O3/c1-2-3-4-5-6-9-13(17)16-12-18-14-10-7-8-11-15(14)19-16/h7-8,10-11,16H,2-6,9,12H2,1H3. The van der Waals surface area contributed by atoms with E-state index in [2.05, 4.69) is 6.92 Å². The summed E-state index contributed by atoms with van der Waals surface area (Å²) in [7, 11) is 0. The minimum absolute atomic E-state index is 0.158. The molecule has 2 rings (SSSR count). The zero-order chi connectivity index (χ0) is 13.5. The number of benzene rings is 1. The van der Waals surface area contributed by atoms with Gasteiger partial charge < -0.3 is 9.47 Å². The molecule has 0 saturated heterocycles. The van der Waals surface area contributed by atoms with E-state index < -0.39 is 6.10 Å². The molecule has 3 heteroatoms. The average molecular weight is 262 g/mol. The van der Waals surface area contributed by atoms with Crippen LogP contribution in [0, 0.1) is 0 Å². The number of carbonyl (C=O) groups is 1. The number of hydrogen-bond acceptors (Lipinski definition) is 3. The van der Waals surface area contributed by atoms with Crippen molar-refractivity contribution >= 4 is 5.78 Å². The molecule has 0 radical (unpaired) electrons. The van der Waals surface area contributed by atoms with Crippen LogP contribution >= 0.6 is 0 Å². The highest BCUT2D eigenvalue weighted by Gasteiger charge is 2.26. The molecule has 0 amide bonds. The summed E-state index contributed by atoms with van der Waals surface area (Å²) in [4.78, 5) is 12.0. The molecule has 0 saturated carbocycles. The summed E-state index contributed by atoms with van der Waals surface area (Å²) < 4.78 is 11.3. The number of unbranched alkanes of at least 4 members (excludes halogenated alkanes) is 4. The Morgan fingerprint density at radius 3 is 2.68 bits per heavy atom. The van der Waals surface area contributed by atoms with E-state index in [0.29, 0.717) is 18.8 Å². The molecule has 1 aromatic carbocycles. The van der Waals surface area contributed by atoms with E-state index in [0.717, 1.165) is 18.6 Å². The van der Waals surface area contributed by atoms with Crippen molar-refractivity contribution in [3.05, 3.63) is 24.3 Å². The van der Waals surface area contributed by atoms with Crippen LogP contribution in [0.5, 0.6) is 11.5 Å². The van der Waals surface area contributed by atoms with Crippen molar-refractivity contribution in [2.45, 2.75) is 51.6 Å². The van der Waals surface area contributed by atoms with Crippen LogP contribution in [0.25, 0.3) is 0 Å². The Bertz CT molecular complexity index is 414. The summed E-state index contributed by atoms with van der Waals surface area (Å²) in [5.41, 5.74) is 0. The van der Waals surface area contributed by atoms with Gasteiger partial charge in [0.15, 0.2) is 23.4 Å². The number of fused-ring (bicyclic) bond motifs is 1. The second-order valence-corrected chi connectivity index (χ2v) is 4.99. The Hall–Kier alpha value is -1.51. The fraction of sp³-hybridized carbons (Fsp3) is 0.562. The number of ether oxygens (including phenoxy) is 2. The first-order valence-electron chi connectivity index (χ1n) is 7.22. The highest BCUT2D eigenvalue weighted by molar-refractivity contribution is 5.83. The van der Waals surface area contributed by atoms with Crippen molar-refractivity contribution < 1.29 is 14.3 Å². The van der Waals surface area contributed by atoms with Crippen LogP contribution in [0.1, 0.15) is 45.4 Å². The topological polar surface area (TPSA) is 35.5 Å². The Kier molecular flexibility index (Phi) is 5.25. The molecule has 104 valence electrons. The number of Topliss-reactive ketones (excluding diaryl/α,β-unsaturated/α-hetero) is 1. The first-order chi connectivity index (χ1) is 9.31. The largest absolute Gasteiger partial charge is 0.485 e. The third kappa shape index (κ3) is 3.98.